The van der Waals surface area contributed by atoms with Crippen molar-refractivity contribution in [3.63, 3.8) is 0 Å². The molecule has 0 spiro atoms. The van der Waals surface area contributed by atoms with E-state index in [4.69, 9.17) is 5.73 Å². The minimum absolute atomic E-state index is 0.119. The SMILES string of the molecule is NC(=O)NCCCCNC(=O)C1CCN(c2ccc(C(F)(F)F)cc2[N+](=O)[O-])CC1. The number of carbonyl (C=O) groups excluding carboxylic acids is 2. The molecule has 0 atom stereocenters. The molecule has 1 fully saturated rings. The fourth-order valence-electron chi connectivity index (χ4n) is 3.31. The highest BCUT2D eigenvalue weighted by Crippen LogP contribution is 2.37. The van der Waals surface area contributed by atoms with E-state index in [0.717, 1.165) is 12.1 Å². The van der Waals surface area contributed by atoms with E-state index < -0.39 is 28.4 Å². The lowest BCUT2D eigenvalue weighted by Crippen LogP contribution is -2.41. The van der Waals surface area contributed by atoms with Gasteiger partial charge in [-0.2, -0.15) is 13.2 Å². The molecule has 1 aromatic rings. The summed E-state index contributed by atoms with van der Waals surface area (Å²) in [7, 11) is 0. The number of amides is 3. The van der Waals surface area contributed by atoms with Gasteiger partial charge in [0.05, 0.1) is 10.5 Å². The minimum atomic E-state index is -4.66. The number of hydrogen-bond donors (Lipinski definition) is 3. The van der Waals surface area contributed by atoms with E-state index in [0.29, 0.717) is 57.9 Å². The van der Waals surface area contributed by atoms with Gasteiger partial charge in [0.25, 0.3) is 5.69 Å². The van der Waals surface area contributed by atoms with Crippen molar-refractivity contribution in [2.75, 3.05) is 31.1 Å². The molecule has 0 aromatic heterocycles. The lowest BCUT2D eigenvalue weighted by Gasteiger charge is -2.32. The monoisotopic (exact) mass is 431 g/mol. The summed E-state index contributed by atoms with van der Waals surface area (Å²) in [5.41, 5.74) is 3.40. The number of benzene rings is 1. The largest absolute Gasteiger partial charge is 0.416 e. The van der Waals surface area contributed by atoms with E-state index in [1.165, 1.54) is 0 Å². The standard InChI is InChI=1S/C18H24F3N5O4/c19-18(20,21)13-3-4-14(15(11-13)26(29)30)25-9-5-12(6-10-25)16(27)23-7-1-2-8-24-17(22)28/h3-4,11-12H,1-2,5-10H2,(H,23,27)(H3,22,24,28). The molecule has 1 aliphatic rings. The number of nitro groups is 1. The summed E-state index contributed by atoms with van der Waals surface area (Å²) in [6, 6.07) is 1.88. The number of alkyl halides is 3. The number of urea groups is 1. The van der Waals surface area contributed by atoms with Crippen molar-refractivity contribution >= 4 is 23.3 Å². The fourth-order valence-corrected chi connectivity index (χ4v) is 3.31. The van der Waals surface area contributed by atoms with E-state index in [1.54, 1.807) is 4.90 Å². The normalized spacial score (nSPS) is 15.0. The number of halogens is 3. The van der Waals surface area contributed by atoms with Crippen LogP contribution in [-0.4, -0.2) is 43.0 Å². The minimum Gasteiger partial charge on any atom is -0.366 e. The second kappa shape index (κ2) is 10.1. The molecule has 1 aliphatic heterocycles. The van der Waals surface area contributed by atoms with Crippen LogP contribution in [0, 0.1) is 16.0 Å². The number of nitrogens with zero attached hydrogens (tertiary/aromatic N) is 2. The molecule has 0 aliphatic carbocycles. The summed E-state index contributed by atoms with van der Waals surface area (Å²) < 4.78 is 38.5. The summed E-state index contributed by atoms with van der Waals surface area (Å²) in [4.78, 5) is 34.9. The van der Waals surface area contributed by atoms with Gasteiger partial charge in [-0.05, 0) is 37.8 Å². The zero-order chi connectivity index (χ0) is 22.3. The molecule has 30 heavy (non-hydrogen) atoms. The third-order valence-corrected chi connectivity index (χ3v) is 4.91. The van der Waals surface area contributed by atoms with Crippen LogP contribution in [0.5, 0.6) is 0 Å². The Labute approximate surface area is 170 Å². The molecule has 9 nitrogen and oxygen atoms in total. The quantitative estimate of drug-likeness (QED) is 0.331. The van der Waals surface area contributed by atoms with E-state index in [1.807, 2.05) is 0 Å². The Morgan fingerprint density at radius 3 is 2.30 bits per heavy atom. The van der Waals surface area contributed by atoms with Crippen molar-refractivity contribution in [1.29, 1.82) is 0 Å². The smallest absolute Gasteiger partial charge is 0.366 e. The van der Waals surface area contributed by atoms with E-state index >= 15 is 0 Å². The Kier molecular flexibility index (Phi) is 7.84. The maximum atomic E-state index is 12.8. The average Bonchev–Trinajstić information content (AvgIpc) is 2.69. The number of unbranched alkanes of at least 4 members (excludes halogenated alkanes) is 1. The molecule has 1 saturated heterocycles. The number of hydrogen-bond acceptors (Lipinski definition) is 5. The molecule has 166 valence electrons. The van der Waals surface area contributed by atoms with Gasteiger partial charge in [0.15, 0.2) is 0 Å². The molecule has 0 bridgehead atoms. The number of nitro benzene ring substituents is 1. The molecule has 2 rings (SSSR count). The van der Waals surface area contributed by atoms with Gasteiger partial charge >= 0.3 is 12.2 Å². The molecule has 4 N–H and O–H groups in total. The summed E-state index contributed by atoms with van der Waals surface area (Å²) in [5.74, 6) is -0.391. The number of carbonyl (C=O) groups is 2. The van der Waals surface area contributed by atoms with Crippen molar-refractivity contribution < 1.29 is 27.7 Å². The Bertz CT molecular complexity index is 780. The van der Waals surface area contributed by atoms with Gasteiger partial charge in [-0.1, -0.05) is 0 Å². The van der Waals surface area contributed by atoms with Crippen LogP contribution in [0.3, 0.4) is 0 Å². The number of nitrogens with two attached hydrogens (primary N) is 1. The highest BCUT2D eigenvalue weighted by Gasteiger charge is 2.34. The maximum Gasteiger partial charge on any atom is 0.416 e. The van der Waals surface area contributed by atoms with E-state index in [9.17, 15) is 32.9 Å². The van der Waals surface area contributed by atoms with E-state index in [-0.39, 0.29) is 17.5 Å². The van der Waals surface area contributed by atoms with Gasteiger partial charge in [-0.3, -0.25) is 14.9 Å². The molecular weight excluding hydrogens is 407 g/mol. The zero-order valence-electron chi connectivity index (χ0n) is 16.2. The molecule has 3 amide bonds. The van der Waals surface area contributed by atoms with Gasteiger partial charge < -0.3 is 21.3 Å². The van der Waals surface area contributed by atoms with Crippen LogP contribution in [-0.2, 0) is 11.0 Å². The first kappa shape index (κ1) is 23.2. The molecule has 1 heterocycles. The highest BCUT2D eigenvalue weighted by molar-refractivity contribution is 5.79. The van der Waals surface area contributed by atoms with Gasteiger partial charge in [0.2, 0.25) is 5.91 Å². The lowest BCUT2D eigenvalue weighted by molar-refractivity contribution is -0.384. The predicted molar refractivity (Wildman–Crippen MR) is 103 cm³/mol. The molecule has 1 aromatic carbocycles. The van der Waals surface area contributed by atoms with Crippen molar-refractivity contribution in [3.05, 3.63) is 33.9 Å². The Morgan fingerprint density at radius 1 is 1.17 bits per heavy atom. The third kappa shape index (κ3) is 6.49. The van der Waals surface area contributed by atoms with Crippen LogP contribution in [0.2, 0.25) is 0 Å². The number of rotatable bonds is 8. The second-order valence-corrected chi connectivity index (χ2v) is 7.01. The van der Waals surface area contributed by atoms with Gasteiger partial charge in [-0.15, -0.1) is 0 Å². The van der Waals surface area contributed by atoms with Crippen LogP contribution in [0.25, 0.3) is 0 Å². The van der Waals surface area contributed by atoms with Crippen molar-refractivity contribution in [2.24, 2.45) is 11.7 Å². The molecule has 12 heteroatoms. The third-order valence-electron chi connectivity index (χ3n) is 4.91. The topological polar surface area (TPSA) is 131 Å². The van der Waals surface area contributed by atoms with Crippen molar-refractivity contribution in [2.45, 2.75) is 31.9 Å². The Balaban J connectivity index is 1.87. The molecule has 0 radical (unpaired) electrons. The zero-order valence-corrected chi connectivity index (χ0v) is 16.2. The first-order chi connectivity index (χ1) is 14.1. The summed E-state index contributed by atoms with van der Waals surface area (Å²) >= 11 is 0. The molecule has 0 saturated carbocycles. The van der Waals surface area contributed by atoms with Crippen LogP contribution in [0.1, 0.15) is 31.2 Å². The van der Waals surface area contributed by atoms with Gasteiger partial charge in [0.1, 0.15) is 5.69 Å². The second-order valence-electron chi connectivity index (χ2n) is 7.01. The average molecular weight is 431 g/mol. The first-order valence-corrected chi connectivity index (χ1v) is 9.51. The van der Waals surface area contributed by atoms with Crippen LogP contribution in [0.15, 0.2) is 18.2 Å². The van der Waals surface area contributed by atoms with Crippen molar-refractivity contribution in [1.82, 2.24) is 10.6 Å². The van der Waals surface area contributed by atoms with E-state index in [2.05, 4.69) is 10.6 Å². The Hall–Kier alpha value is -3.05. The van der Waals surface area contributed by atoms with Crippen LogP contribution >= 0.6 is 0 Å². The number of piperidine rings is 1. The van der Waals surface area contributed by atoms with Crippen LogP contribution in [0.4, 0.5) is 29.3 Å². The highest BCUT2D eigenvalue weighted by atomic mass is 19.4. The number of anilines is 1. The maximum absolute atomic E-state index is 12.8. The summed E-state index contributed by atoms with van der Waals surface area (Å²) in [6.07, 6.45) is -2.45. The first-order valence-electron chi connectivity index (χ1n) is 9.51. The fraction of sp³-hybridized carbons (Fsp3) is 0.556. The Morgan fingerprint density at radius 2 is 1.77 bits per heavy atom. The van der Waals surface area contributed by atoms with Gasteiger partial charge in [0, 0.05) is 38.2 Å². The number of primary amides is 1. The summed E-state index contributed by atoms with van der Waals surface area (Å²) in [5, 5.41) is 16.5. The van der Waals surface area contributed by atoms with Crippen molar-refractivity contribution in [3.8, 4) is 0 Å². The predicted octanol–water partition coefficient (Wildman–Crippen LogP) is 2.39. The van der Waals surface area contributed by atoms with Crippen LogP contribution < -0.4 is 21.3 Å². The summed E-state index contributed by atoms with van der Waals surface area (Å²) in [6.45, 7) is 1.53. The molecular formula is C18H24F3N5O4. The molecule has 0 unspecified atom stereocenters. The number of nitrogens with one attached hydrogen (secondary N) is 2. The van der Waals surface area contributed by atoms with Gasteiger partial charge in [-0.25, -0.2) is 4.79 Å². The lowest BCUT2D eigenvalue weighted by atomic mass is 9.95.